The van der Waals surface area contributed by atoms with Crippen LogP contribution in [0.5, 0.6) is 0 Å². The average Bonchev–Trinajstić information content (AvgIpc) is 3.45. The van der Waals surface area contributed by atoms with Gasteiger partial charge < -0.3 is 19.3 Å². The van der Waals surface area contributed by atoms with Crippen molar-refractivity contribution in [2.24, 2.45) is 7.05 Å². The molecule has 2 saturated heterocycles. The zero-order valence-electron chi connectivity index (χ0n) is 17.9. The van der Waals surface area contributed by atoms with Gasteiger partial charge in [-0.25, -0.2) is 0 Å². The summed E-state index contributed by atoms with van der Waals surface area (Å²) >= 11 is 0. The number of furan rings is 1. The highest BCUT2D eigenvalue weighted by molar-refractivity contribution is 6.46. The number of carbonyl (C=O) groups is 2. The summed E-state index contributed by atoms with van der Waals surface area (Å²) in [5.74, 6) is -0.318. The Balaban J connectivity index is 1.79. The number of aryl methyl sites for hydroxylation is 3. The quantitative estimate of drug-likeness (QED) is 0.461. The van der Waals surface area contributed by atoms with E-state index in [1.165, 1.54) is 4.90 Å². The number of aromatic nitrogens is 2. The zero-order valence-corrected chi connectivity index (χ0v) is 17.9. The number of hydrogen-bond donors (Lipinski definition) is 1. The van der Waals surface area contributed by atoms with E-state index in [-0.39, 0.29) is 11.3 Å². The first-order valence-electron chi connectivity index (χ1n) is 10.4. The molecule has 1 amide bonds. The largest absolute Gasteiger partial charge is 0.507 e. The first-order valence-corrected chi connectivity index (χ1v) is 10.4. The molecule has 0 spiro atoms. The van der Waals surface area contributed by atoms with Crippen molar-refractivity contribution in [3.63, 3.8) is 0 Å². The Morgan fingerprint density at radius 3 is 2.43 bits per heavy atom. The van der Waals surface area contributed by atoms with Gasteiger partial charge >= 0.3 is 0 Å². The predicted molar refractivity (Wildman–Crippen MR) is 111 cm³/mol. The van der Waals surface area contributed by atoms with E-state index in [9.17, 15) is 14.7 Å². The SMILES string of the molecule is Cc1ccc(C2/C(=C(\O)c3c(C)nn(C)c3C)C(=O)C(=O)N2CCN2CCCC2)o1. The lowest BCUT2D eigenvalue weighted by Gasteiger charge is -2.25. The smallest absolute Gasteiger partial charge is 0.295 e. The second-order valence-electron chi connectivity index (χ2n) is 8.16. The van der Waals surface area contributed by atoms with E-state index in [2.05, 4.69) is 10.00 Å². The van der Waals surface area contributed by atoms with Gasteiger partial charge in [0.1, 0.15) is 23.3 Å². The van der Waals surface area contributed by atoms with Crippen LogP contribution in [0.25, 0.3) is 5.76 Å². The Hall–Kier alpha value is -2.87. The minimum Gasteiger partial charge on any atom is -0.507 e. The number of Topliss-reactive ketones (excluding diaryl/α,β-unsaturated/α-hetero) is 1. The molecule has 0 aliphatic carbocycles. The van der Waals surface area contributed by atoms with E-state index in [4.69, 9.17) is 4.42 Å². The van der Waals surface area contributed by atoms with Gasteiger partial charge in [0.05, 0.1) is 16.8 Å². The van der Waals surface area contributed by atoms with Crippen LogP contribution in [0, 0.1) is 20.8 Å². The van der Waals surface area contributed by atoms with Crippen LogP contribution < -0.4 is 0 Å². The fourth-order valence-corrected chi connectivity index (χ4v) is 4.51. The maximum absolute atomic E-state index is 13.1. The molecule has 1 atom stereocenters. The second-order valence-corrected chi connectivity index (χ2v) is 8.16. The molecule has 30 heavy (non-hydrogen) atoms. The summed E-state index contributed by atoms with van der Waals surface area (Å²) in [6.07, 6.45) is 2.30. The first kappa shape index (κ1) is 20.4. The molecule has 4 rings (SSSR count). The molecule has 8 heteroatoms. The number of amides is 1. The number of rotatable bonds is 5. The van der Waals surface area contributed by atoms with Crippen LogP contribution >= 0.6 is 0 Å². The summed E-state index contributed by atoms with van der Waals surface area (Å²) in [5, 5.41) is 15.5. The van der Waals surface area contributed by atoms with Gasteiger partial charge in [0, 0.05) is 25.8 Å². The van der Waals surface area contributed by atoms with Crippen molar-refractivity contribution in [1.82, 2.24) is 19.6 Å². The molecule has 4 heterocycles. The van der Waals surface area contributed by atoms with Crippen LogP contribution in [-0.4, -0.2) is 62.6 Å². The van der Waals surface area contributed by atoms with Crippen molar-refractivity contribution in [1.29, 1.82) is 0 Å². The molecule has 2 aromatic heterocycles. The minimum atomic E-state index is -0.750. The minimum absolute atomic E-state index is 0.0648. The number of aliphatic hydroxyl groups is 1. The Kier molecular flexibility index (Phi) is 5.27. The van der Waals surface area contributed by atoms with Crippen molar-refractivity contribution in [2.75, 3.05) is 26.2 Å². The Morgan fingerprint density at radius 2 is 1.87 bits per heavy atom. The molecule has 2 fully saturated rings. The van der Waals surface area contributed by atoms with Crippen molar-refractivity contribution in [3.8, 4) is 0 Å². The highest BCUT2D eigenvalue weighted by Crippen LogP contribution is 2.40. The lowest BCUT2D eigenvalue weighted by atomic mass is 9.98. The summed E-state index contributed by atoms with van der Waals surface area (Å²) in [7, 11) is 1.78. The normalized spacial score (nSPS) is 21.9. The maximum atomic E-state index is 13.1. The molecule has 2 aromatic rings. The monoisotopic (exact) mass is 412 g/mol. The fraction of sp³-hybridized carbons (Fsp3) is 0.500. The van der Waals surface area contributed by atoms with Gasteiger partial charge in [0.2, 0.25) is 0 Å². The third kappa shape index (κ3) is 3.35. The van der Waals surface area contributed by atoms with Crippen LogP contribution in [0.3, 0.4) is 0 Å². The number of nitrogens with zero attached hydrogens (tertiary/aromatic N) is 4. The van der Waals surface area contributed by atoms with E-state index in [0.29, 0.717) is 35.9 Å². The van der Waals surface area contributed by atoms with Gasteiger partial charge in [-0.1, -0.05) is 0 Å². The molecule has 0 radical (unpaired) electrons. The van der Waals surface area contributed by atoms with Gasteiger partial charge in [0.25, 0.3) is 11.7 Å². The highest BCUT2D eigenvalue weighted by atomic mass is 16.3. The molecule has 2 aliphatic rings. The average molecular weight is 412 g/mol. The van der Waals surface area contributed by atoms with Crippen LogP contribution in [0.15, 0.2) is 22.1 Å². The standard InChI is InChI=1S/C22H28N4O4/c1-13-7-8-16(30-13)19-18(20(27)17-14(2)23-24(4)15(17)3)21(28)22(29)26(19)12-11-25-9-5-6-10-25/h7-8,19,27H,5-6,9-12H2,1-4H3/b20-18+. The molecule has 0 aromatic carbocycles. The van der Waals surface area contributed by atoms with Gasteiger partial charge in [-0.3, -0.25) is 14.3 Å². The Morgan fingerprint density at radius 1 is 1.17 bits per heavy atom. The van der Waals surface area contributed by atoms with E-state index < -0.39 is 17.7 Å². The lowest BCUT2D eigenvalue weighted by molar-refractivity contribution is -0.140. The van der Waals surface area contributed by atoms with Crippen LogP contribution in [0.4, 0.5) is 0 Å². The molecular weight excluding hydrogens is 384 g/mol. The Labute approximate surface area is 175 Å². The summed E-state index contributed by atoms with van der Waals surface area (Å²) in [4.78, 5) is 29.9. The molecular formula is C22H28N4O4. The molecule has 2 aliphatic heterocycles. The molecule has 1 unspecified atom stereocenters. The molecule has 1 N–H and O–H groups in total. The number of aliphatic hydroxyl groups excluding tert-OH is 1. The van der Waals surface area contributed by atoms with Crippen LogP contribution in [-0.2, 0) is 16.6 Å². The van der Waals surface area contributed by atoms with Crippen molar-refractivity contribution >= 4 is 17.4 Å². The summed E-state index contributed by atoms with van der Waals surface area (Å²) in [5.41, 5.74) is 1.88. The van der Waals surface area contributed by atoms with E-state index in [1.54, 1.807) is 30.8 Å². The highest BCUT2D eigenvalue weighted by Gasteiger charge is 2.48. The van der Waals surface area contributed by atoms with Crippen molar-refractivity contribution in [3.05, 3.63) is 46.2 Å². The van der Waals surface area contributed by atoms with E-state index in [1.807, 2.05) is 13.8 Å². The number of carbonyl (C=O) groups excluding carboxylic acids is 2. The van der Waals surface area contributed by atoms with Crippen LogP contribution in [0.2, 0.25) is 0 Å². The lowest BCUT2D eigenvalue weighted by Crippen LogP contribution is -2.37. The third-order valence-corrected chi connectivity index (χ3v) is 6.17. The summed E-state index contributed by atoms with van der Waals surface area (Å²) < 4.78 is 7.47. The van der Waals surface area contributed by atoms with E-state index in [0.717, 1.165) is 31.6 Å². The summed E-state index contributed by atoms with van der Waals surface area (Å²) in [6, 6.07) is 2.82. The first-order chi connectivity index (χ1) is 14.3. The topological polar surface area (TPSA) is 91.8 Å². The third-order valence-electron chi connectivity index (χ3n) is 6.17. The van der Waals surface area contributed by atoms with Crippen molar-refractivity contribution < 1.29 is 19.1 Å². The molecule has 160 valence electrons. The van der Waals surface area contributed by atoms with Gasteiger partial charge in [-0.2, -0.15) is 5.10 Å². The fourth-order valence-electron chi connectivity index (χ4n) is 4.51. The number of hydrogen-bond acceptors (Lipinski definition) is 6. The predicted octanol–water partition coefficient (Wildman–Crippen LogP) is 2.46. The molecule has 0 saturated carbocycles. The van der Waals surface area contributed by atoms with Gasteiger partial charge in [0.15, 0.2) is 0 Å². The zero-order chi connectivity index (χ0) is 21.6. The molecule has 0 bridgehead atoms. The number of likely N-dealkylation sites (tertiary alicyclic amines) is 2. The van der Waals surface area contributed by atoms with Crippen LogP contribution in [0.1, 0.15) is 47.4 Å². The molecule has 8 nitrogen and oxygen atoms in total. The van der Waals surface area contributed by atoms with Crippen molar-refractivity contribution in [2.45, 2.75) is 39.7 Å². The van der Waals surface area contributed by atoms with Gasteiger partial charge in [-0.15, -0.1) is 0 Å². The summed E-state index contributed by atoms with van der Waals surface area (Å²) in [6.45, 7) is 8.51. The maximum Gasteiger partial charge on any atom is 0.295 e. The number of ketones is 1. The van der Waals surface area contributed by atoms with E-state index >= 15 is 0 Å². The Bertz CT molecular complexity index is 1030. The van der Waals surface area contributed by atoms with Gasteiger partial charge in [-0.05, 0) is 58.8 Å². The second kappa shape index (κ2) is 7.75.